The van der Waals surface area contributed by atoms with E-state index >= 15 is 0 Å². The summed E-state index contributed by atoms with van der Waals surface area (Å²) in [5.74, 6) is -0.883. The molecule has 0 bridgehead atoms. The average molecular weight is 312 g/mol. The number of rotatable bonds is 0. The highest BCUT2D eigenvalue weighted by Gasteiger charge is 2.35. The molecular weight excluding hydrogens is 308 g/mol. The van der Waals surface area contributed by atoms with Gasteiger partial charge < -0.3 is 0 Å². The van der Waals surface area contributed by atoms with Crippen molar-refractivity contribution >= 4 is 28.1 Å². The van der Waals surface area contributed by atoms with Crippen molar-refractivity contribution in [3.05, 3.63) is 33.9 Å². The van der Waals surface area contributed by atoms with Crippen molar-refractivity contribution in [1.82, 2.24) is 9.38 Å². The van der Waals surface area contributed by atoms with Crippen molar-refractivity contribution in [2.24, 2.45) is 0 Å². The molecule has 0 saturated heterocycles. The van der Waals surface area contributed by atoms with Crippen LogP contribution in [0, 0.1) is 3.57 Å². The quantitative estimate of drug-likeness (QED) is 0.684. The van der Waals surface area contributed by atoms with Gasteiger partial charge in [0.2, 0.25) is 5.82 Å². The summed E-state index contributed by atoms with van der Waals surface area (Å²) < 4.78 is 39.0. The summed E-state index contributed by atoms with van der Waals surface area (Å²) in [5.41, 5.74) is 0.442. The van der Waals surface area contributed by atoms with E-state index in [0.29, 0.717) is 5.52 Å². The van der Waals surface area contributed by atoms with Crippen LogP contribution >= 0.6 is 22.6 Å². The molecule has 0 amide bonds. The molecule has 2 nitrogen and oxygen atoms in total. The molecule has 2 rings (SSSR count). The third kappa shape index (κ3) is 1.58. The van der Waals surface area contributed by atoms with Crippen LogP contribution < -0.4 is 0 Å². The maximum Gasteiger partial charge on any atom is 0.450 e. The van der Waals surface area contributed by atoms with Crippen molar-refractivity contribution < 1.29 is 13.2 Å². The van der Waals surface area contributed by atoms with E-state index in [0.717, 1.165) is 7.97 Å². The van der Waals surface area contributed by atoms with E-state index in [4.69, 9.17) is 0 Å². The summed E-state index contributed by atoms with van der Waals surface area (Å²) in [6.07, 6.45) is -1.79. The molecule has 0 N–H and O–H groups in total. The van der Waals surface area contributed by atoms with Crippen LogP contribution in [-0.2, 0) is 6.18 Å². The Morgan fingerprint density at radius 1 is 1.29 bits per heavy atom. The number of aromatic nitrogens is 2. The first-order valence-corrected chi connectivity index (χ1v) is 4.76. The monoisotopic (exact) mass is 312 g/mol. The van der Waals surface area contributed by atoms with Crippen LogP contribution in [0.5, 0.6) is 0 Å². The lowest BCUT2D eigenvalue weighted by atomic mass is 10.4. The molecule has 0 aromatic carbocycles. The third-order valence-corrected chi connectivity index (χ3v) is 2.38. The molecule has 0 unspecified atom stereocenters. The molecule has 0 aliphatic heterocycles. The smallest absolute Gasteiger partial charge is 0.295 e. The molecule has 6 heteroatoms. The van der Waals surface area contributed by atoms with Crippen LogP contribution in [0.1, 0.15) is 5.82 Å². The molecule has 0 fully saturated rings. The van der Waals surface area contributed by atoms with Gasteiger partial charge in [-0.2, -0.15) is 13.2 Å². The van der Waals surface area contributed by atoms with Gasteiger partial charge in [-0.3, -0.25) is 4.40 Å². The van der Waals surface area contributed by atoms with Crippen LogP contribution in [0.4, 0.5) is 13.2 Å². The van der Waals surface area contributed by atoms with Gasteiger partial charge in [0, 0.05) is 9.77 Å². The number of imidazole rings is 1. The van der Waals surface area contributed by atoms with Crippen molar-refractivity contribution in [2.45, 2.75) is 6.18 Å². The molecule has 0 saturated carbocycles. The zero-order valence-electron chi connectivity index (χ0n) is 6.72. The summed E-state index contributed by atoms with van der Waals surface area (Å²) in [7, 11) is 0. The minimum Gasteiger partial charge on any atom is -0.295 e. The molecule has 2 aromatic heterocycles. The van der Waals surface area contributed by atoms with Gasteiger partial charge in [0.1, 0.15) is 0 Å². The second-order valence-corrected chi connectivity index (χ2v) is 3.97. The predicted octanol–water partition coefficient (Wildman–Crippen LogP) is 2.96. The Balaban J connectivity index is 2.73. The Labute approximate surface area is 90.9 Å². The lowest BCUT2D eigenvalue weighted by Gasteiger charge is -2.04. The molecule has 0 spiro atoms. The molecule has 74 valence electrons. The van der Waals surface area contributed by atoms with Gasteiger partial charge in [-0.05, 0) is 34.7 Å². The van der Waals surface area contributed by atoms with E-state index in [2.05, 4.69) is 4.98 Å². The highest BCUT2D eigenvalue weighted by molar-refractivity contribution is 14.1. The molecule has 0 aliphatic carbocycles. The largest absolute Gasteiger partial charge is 0.450 e. The number of hydrogen-bond donors (Lipinski definition) is 0. The van der Waals surface area contributed by atoms with Crippen LogP contribution in [0.3, 0.4) is 0 Å². The molecule has 2 heterocycles. The van der Waals surface area contributed by atoms with E-state index in [1.54, 1.807) is 12.1 Å². The van der Waals surface area contributed by atoms with Crippen LogP contribution in [0.2, 0.25) is 0 Å². The molecule has 0 radical (unpaired) electrons. The summed E-state index contributed by atoms with van der Waals surface area (Å²) in [6, 6.07) is 3.34. The number of halogens is 4. The topological polar surface area (TPSA) is 17.3 Å². The number of hydrogen-bond acceptors (Lipinski definition) is 1. The van der Waals surface area contributed by atoms with E-state index in [-0.39, 0.29) is 0 Å². The molecule has 0 atom stereocenters. The Kier molecular flexibility index (Phi) is 2.17. The first-order valence-electron chi connectivity index (χ1n) is 3.68. The Morgan fingerprint density at radius 2 is 2.00 bits per heavy atom. The fraction of sp³-hybridized carbons (Fsp3) is 0.125. The van der Waals surface area contributed by atoms with Gasteiger partial charge in [-0.25, -0.2) is 4.98 Å². The predicted molar refractivity (Wildman–Crippen MR) is 52.9 cm³/mol. The lowest BCUT2D eigenvalue weighted by molar-refractivity contribution is -0.145. The van der Waals surface area contributed by atoms with Gasteiger partial charge in [0.25, 0.3) is 0 Å². The molecule has 2 aromatic rings. The zero-order valence-corrected chi connectivity index (χ0v) is 8.87. The van der Waals surface area contributed by atoms with Crippen molar-refractivity contribution in [3.8, 4) is 0 Å². The molecular formula is C8H4F3IN2. The summed E-state index contributed by atoms with van der Waals surface area (Å²) >= 11 is 1.95. The summed E-state index contributed by atoms with van der Waals surface area (Å²) in [6.45, 7) is 0. The Morgan fingerprint density at radius 3 is 2.64 bits per heavy atom. The summed E-state index contributed by atoms with van der Waals surface area (Å²) in [5, 5.41) is 0. The minimum absolute atomic E-state index is 0.442. The highest BCUT2D eigenvalue weighted by Crippen LogP contribution is 2.28. The highest BCUT2D eigenvalue weighted by atomic mass is 127. The minimum atomic E-state index is -4.41. The van der Waals surface area contributed by atoms with Gasteiger partial charge in [-0.15, -0.1) is 0 Å². The number of fused-ring (bicyclic) bond motifs is 1. The van der Waals surface area contributed by atoms with E-state index < -0.39 is 12.0 Å². The fourth-order valence-corrected chi connectivity index (χ4v) is 1.63. The lowest BCUT2D eigenvalue weighted by Crippen LogP contribution is -2.10. The summed E-state index contributed by atoms with van der Waals surface area (Å²) in [4.78, 5) is 3.34. The SMILES string of the molecule is FC(F)(F)c1ncc2ccc(I)cn12. The van der Waals surface area contributed by atoms with Crippen molar-refractivity contribution in [3.63, 3.8) is 0 Å². The molecule has 0 aliphatic rings. The Bertz CT molecular complexity index is 475. The number of pyridine rings is 1. The Hall–Kier alpha value is -0.790. The second kappa shape index (κ2) is 3.11. The zero-order chi connectivity index (χ0) is 10.3. The first kappa shape index (κ1) is 9.75. The standard InChI is InChI=1S/C8H4F3IN2/c9-8(10,11)7-13-3-6-2-1-5(12)4-14(6)7/h1-4H. The van der Waals surface area contributed by atoms with E-state index in [1.807, 2.05) is 22.6 Å². The maximum absolute atomic E-state index is 12.4. The van der Waals surface area contributed by atoms with Gasteiger partial charge >= 0.3 is 6.18 Å². The van der Waals surface area contributed by atoms with Gasteiger partial charge in [-0.1, -0.05) is 0 Å². The number of nitrogens with zero attached hydrogens (tertiary/aromatic N) is 2. The number of alkyl halides is 3. The van der Waals surface area contributed by atoms with Crippen LogP contribution in [0.15, 0.2) is 24.5 Å². The van der Waals surface area contributed by atoms with Gasteiger partial charge in [0.05, 0.1) is 11.7 Å². The maximum atomic E-state index is 12.4. The normalized spacial score (nSPS) is 12.3. The first-order chi connectivity index (χ1) is 6.48. The fourth-order valence-electron chi connectivity index (χ4n) is 1.17. The van der Waals surface area contributed by atoms with Crippen molar-refractivity contribution in [1.29, 1.82) is 0 Å². The van der Waals surface area contributed by atoms with E-state index in [9.17, 15) is 13.2 Å². The van der Waals surface area contributed by atoms with E-state index in [1.165, 1.54) is 12.4 Å². The average Bonchev–Trinajstić information content (AvgIpc) is 2.45. The third-order valence-electron chi connectivity index (χ3n) is 1.74. The van der Waals surface area contributed by atoms with Crippen molar-refractivity contribution in [2.75, 3.05) is 0 Å². The van der Waals surface area contributed by atoms with Crippen LogP contribution in [0.25, 0.3) is 5.52 Å². The van der Waals surface area contributed by atoms with Gasteiger partial charge in [0.15, 0.2) is 0 Å². The second-order valence-electron chi connectivity index (χ2n) is 2.72. The van der Waals surface area contributed by atoms with Crippen LogP contribution in [-0.4, -0.2) is 9.38 Å². The molecule has 14 heavy (non-hydrogen) atoms.